The quantitative estimate of drug-likeness (QED) is 0.869. The summed E-state index contributed by atoms with van der Waals surface area (Å²) < 4.78 is 26.1. The highest BCUT2D eigenvalue weighted by Crippen LogP contribution is 2.46. The molecule has 14 heavy (non-hydrogen) atoms. The van der Waals surface area contributed by atoms with E-state index in [4.69, 9.17) is 5.73 Å². The normalized spacial score (nSPS) is 18.6. The van der Waals surface area contributed by atoms with Gasteiger partial charge >= 0.3 is 0 Å². The van der Waals surface area contributed by atoms with Crippen molar-refractivity contribution in [2.24, 2.45) is 5.73 Å². The van der Waals surface area contributed by atoms with Gasteiger partial charge < -0.3 is 5.73 Å². The van der Waals surface area contributed by atoms with E-state index in [9.17, 15) is 8.78 Å². The van der Waals surface area contributed by atoms with Gasteiger partial charge in [-0.05, 0) is 30.5 Å². The van der Waals surface area contributed by atoms with Gasteiger partial charge in [0.05, 0.1) is 0 Å². The van der Waals surface area contributed by atoms with Crippen molar-refractivity contribution >= 4 is 15.9 Å². The summed E-state index contributed by atoms with van der Waals surface area (Å²) in [5.41, 5.74) is 6.06. The molecule has 1 aliphatic carbocycles. The Morgan fingerprint density at radius 1 is 1.36 bits per heavy atom. The van der Waals surface area contributed by atoms with Crippen molar-refractivity contribution in [2.45, 2.75) is 24.8 Å². The number of hydrogen-bond acceptors (Lipinski definition) is 1. The second kappa shape index (κ2) is 3.28. The summed E-state index contributed by atoms with van der Waals surface area (Å²) in [7, 11) is 0. The van der Waals surface area contributed by atoms with E-state index in [-0.39, 0.29) is 5.56 Å². The summed E-state index contributed by atoms with van der Waals surface area (Å²) in [6.07, 6.45) is -0.856. The Kier molecular flexibility index (Phi) is 2.35. The van der Waals surface area contributed by atoms with Gasteiger partial charge in [0.15, 0.2) is 0 Å². The molecule has 1 saturated carbocycles. The van der Waals surface area contributed by atoms with Crippen LogP contribution in [-0.4, -0.2) is 0 Å². The lowest BCUT2D eigenvalue weighted by molar-refractivity contribution is 0.149. The van der Waals surface area contributed by atoms with Crippen LogP contribution in [0.15, 0.2) is 22.7 Å². The first-order chi connectivity index (χ1) is 6.53. The molecule has 1 nitrogen and oxygen atoms in total. The highest BCUT2D eigenvalue weighted by atomic mass is 79.9. The predicted molar refractivity (Wildman–Crippen MR) is 54.2 cm³/mol. The summed E-state index contributed by atoms with van der Waals surface area (Å²) in [5.74, 6) is 0. The van der Waals surface area contributed by atoms with Crippen LogP contribution in [0, 0.1) is 0 Å². The zero-order valence-electron chi connectivity index (χ0n) is 7.43. The molecule has 0 bridgehead atoms. The fraction of sp³-hybridized carbons (Fsp3) is 0.400. The Balaban J connectivity index is 2.49. The van der Waals surface area contributed by atoms with E-state index in [1.54, 1.807) is 12.1 Å². The van der Waals surface area contributed by atoms with Crippen molar-refractivity contribution in [3.63, 3.8) is 0 Å². The van der Waals surface area contributed by atoms with E-state index in [0.29, 0.717) is 5.56 Å². The minimum Gasteiger partial charge on any atom is -0.321 e. The number of rotatable bonds is 2. The van der Waals surface area contributed by atoms with Crippen LogP contribution in [0.3, 0.4) is 0 Å². The van der Waals surface area contributed by atoms with Gasteiger partial charge in [-0.3, -0.25) is 0 Å². The van der Waals surface area contributed by atoms with Crippen LogP contribution in [0.4, 0.5) is 8.78 Å². The molecule has 0 spiro atoms. The lowest BCUT2D eigenvalue weighted by atomic mass is 9.99. The van der Waals surface area contributed by atoms with E-state index in [0.717, 1.165) is 17.3 Å². The molecule has 1 aromatic rings. The Bertz CT molecular complexity index is 361. The molecule has 0 aromatic heterocycles. The zero-order valence-corrected chi connectivity index (χ0v) is 9.02. The molecule has 2 N–H and O–H groups in total. The second-order valence-corrected chi connectivity index (χ2v) is 4.60. The third-order valence-corrected chi connectivity index (χ3v) is 3.07. The molecule has 0 atom stereocenters. The number of hydrogen-bond donors (Lipinski definition) is 1. The van der Waals surface area contributed by atoms with Gasteiger partial charge in [-0.1, -0.05) is 22.0 Å². The largest absolute Gasteiger partial charge is 0.321 e. The van der Waals surface area contributed by atoms with Crippen molar-refractivity contribution in [2.75, 3.05) is 0 Å². The minimum atomic E-state index is -2.45. The molecule has 1 aliphatic rings. The number of benzene rings is 1. The van der Waals surface area contributed by atoms with Gasteiger partial charge in [0, 0.05) is 15.6 Å². The standard InChI is InChI=1S/C10H10BrF2N/c11-6-1-2-7(9(12)13)8(5-6)10(14)3-4-10/h1-2,5,9H,3-4,14H2. The smallest absolute Gasteiger partial charge is 0.264 e. The molecule has 4 heteroatoms. The minimum absolute atomic E-state index is 0.0631. The topological polar surface area (TPSA) is 26.0 Å². The molecule has 1 aromatic carbocycles. The van der Waals surface area contributed by atoms with Crippen molar-refractivity contribution in [1.29, 1.82) is 0 Å². The van der Waals surface area contributed by atoms with Crippen LogP contribution in [0.2, 0.25) is 0 Å². The van der Waals surface area contributed by atoms with Crippen LogP contribution in [0.1, 0.15) is 30.4 Å². The number of alkyl halides is 2. The average Bonchev–Trinajstić information content (AvgIpc) is 2.84. The maximum atomic E-state index is 12.6. The third kappa shape index (κ3) is 1.68. The molecule has 0 amide bonds. The SMILES string of the molecule is NC1(c2cc(Br)ccc2C(F)F)CC1. The fourth-order valence-electron chi connectivity index (χ4n) is 1.55. The van der Waals surface area contributed by atoms with Gasteiger partial charge in [0.2, 0.25) is 0 Å². The van der Waals surface area contributed by atoms with Crippen molar-refractivity contribution in [1.82, 2.24) is 0 Å². The molecule has 0 aliphatic heterocycles. The molecular weight excluding hydrogens is 252 g/mol. The van der Waals surface area contributed by atoms with Crippen LogP contribution >= 0.6 is 15.9 Å². The molecule has 2 rings (SSSR count). The third-order valence-electron chi connectivity index (χ3n) is 2.58. The summed E-state index contributed by atoms with van der Waals surface area (Å²) in [4.78, 5) is 0. The Hall–Kier alpha value is -0.480. The first-order valence-electron chi connectivity index (χ1n) is 4.40. The molecule has 0 saturated heterocycles. The first-order valence-corrected chi connectivity index (χ1v) is 5.19. The Morgan fingerprint density at radius 3 is 2.50 bits per heavy atom. The zero-order chi connectivity index (χ0) is 10.3. The van der Waals surface area contributed by atoms with Gasteiger partial charge in [-0.25, -0.2) is 8.78 Å². The fourth-order valence-corrected chi connectivity index (χ4v) is 1.92. The van der Waals surface area contributed by atoms with Crippen LogP contribution in [0.25, 0.3) is 0 Å². The van der Waals surface area contributed by atoms with E-state index < -0.39 is 12.0 Å². The summed E-state index contributed by atoms with van der Waals surface area (Å²) >= 11 is 3.27. The summed E-state index contributed by atoms with van der Waals surface area (Å²) in [6, 6.07) is 4.77. The monoisotopic (exact) mass is 261 g/mol. The van der Waals surface area contributed by atoms with Gasteiger partial charge in [-0.15, -0.1) is 0 Å². The van der Waals surface area contributed by atoms with Crippen LogP contribution in [-0.2, 0) is 5.54 Å². The van der Waals surface area contributed by atoms with Gasteiger partial charge in [0.25, 0.3) is 6.43 Å². The van der Waals surface area contributed by atoms with Gasteiger partial charge in [-0.2, -0.15) is 0 Å². The summed E-state index contributed by atoms with van der Waals surface area (Å²) in [6.45, 7) is 0. The average molecular weight is 262 g/mol. The highest BCUT2D eigenvalue weighted by Gasteiger charge is 2.42. The Morgan fingerprint density at radius 2 is 2.00 bits per heavy atom. The molecular formula is C10H10BrF2N. The second-order valence-electron chi connectivity index (χ2n) is 3.69. The van der Waals surface area contributed by atoms with E-state index in [1.807, 2.05) is 0 Å². The maximum absolute atomic E-state index is 12.6. The molecule has 1 fully saturated rings. The van der Waals surface area contributed by atoms with Crippen molar-refractivity contribution in [3.8, 4) is 0 Å². The van der Waals surface area contributed by atoms with Crippen LogP contribution < -0.4 is 5.73 Å². The number of nitrogens with two attached hydrogens (primary N) is 1. The first kappa shape index (κ1) is 10.1. The maximum Gasteiger partial charge on any atom is 0.264 e. The molecule has 0 heterocycles. The highest BCUT2D eigenvalue weighted by molar-refractivity contribution is 9.10. The molecule has 0 unspecified atom stereocenters. The van der Waals surface area contributed by atoms with E-state index in [1.165, 1.54) is 6.07 Å². The van der Waals surface area contributed by atoms with E-state index in [2.05, 4.69) is 15.9 Å². The number of halogens is 3. The molecule has 0 radical (unpaired) electrons. The van der Waals surface area contributed by atoms with Crippen molar-refractivity contribution < 1.29 is 8.78 Å². The lowest BCUT2D eigenvalue weighted by Gasteiger charge is -2.15. The van der Waals surface area contributed by atoms with Gasteiger partial charge in [0.1, 0.15) is 0 Å². The van der Waals surface area contributed by atoms with E-state index >= 15 is 0 Å². The lowest BCUT2D eigenvalue weighted by Crippen LogP contribution is -2.20. The van der Waals surface area contributed by atoms with Crippen LogP contribution in [0.5, 0.6) is 0 Å². The Labute approximate surface area is 89.4 Å². The summed E-state index contributed by atoms with van der Waals surface area (Å²) in [5, 5.41) is 0. The molecule has 76 valence electrons. The predicted octanol–water partition coefficient (Wildman–Crippen LogP) is 3.33. The van der Waals surface area contributed by atoms with Crippen molar-refractivity contribution in [3.05, 3.63) is 33.8 Å².